The maximum atomic E-state index is 11.1. The Balaban J connectivity index is 1.67. The van der Waals surface area contributed by atoms with Crippen molar-refractivity contribution in [3.63, 3.8) is 0 Å². The van der Waals surface area contributed by atoms with Gasteiger partial charge in [0, 0.05) is 31.1 Å². The van der Waals surface area contributed by atoms with E-state index in [0.29, 0.717) is 24.5 Å². The second kappa shape index (κ2) is 7.10. The Bertz CT molecular complexity index is 252. The highest BCUT2D eigenvalue weighted by Gasteiger charge is 2.21. The molecule has 4 heteroatoms. The minimum absolute atomic E-state index is 0.200. The molecule has 104 valence electrons. The van der Waals surface area contributed by atoms with Gasteiger partial charge in [-0.15, -0.1) is 0 Å². The van der Waals surface area contributed by atoms with Crippen LogP contribution in [0.15, 0.2) is 0 Å². The summed E-state index contributed by atoms with van der Waals surface area (Å²) >= 11 is 0. The SMILES string of the molecule is CC(CC1CCCCCN1)NC1CCC(=O)NC1. The highest BCUT2D eigenvalue weighted by atomic mass is 16.1. The fourth-order valence-electron chi connectivity index (χ4n) is 3.07. The average Bonchev–Trinajstić information content (AvgIpc) is 2.61. The lowest BCUT2D eigenvalue weighted by Crippen LogP contribution is -2.49. The van der Waals surface area contributed by atoms with E-state index in [1.807, 2.05) is 0 Å². The largest absolute Gasteiger partial charge is 0.355 e. The molecule has 3 unspecified atom stereocenters. The summed E-state index contributed by atoms with van der Waals surface area (Å²) in [6, 6.07) is 1.66. The van der Waals surface area contributed by atoms with Crippen molar-refractivity contribution in [3.05, 3.63) is 0 Å². The van der Waals surface area contributed by atoms with Gasteiger partial charge in [-0.25, -0.2) is 0 Å². The maximum Gasteiger partial charge on any atom is 0.220 e. The quantitative estimate of drug-likeness (QED) is 0.705. The smallest absolute Gasteiger partial charge is 0.220 e. The zero-order valence-corrected chi connectivity index (χ0v) is 11.5. The van der Waals surface area contributed by atoms with Crippen LogP contribution in [0.1, 0.15) is 51.9 Å². The van der Waals surface area contributed by atoms with Crippen LogP contribution in [0.25, 0.3) is 0 Å². The van der Waals surface area contributed by atoms with Crippen molar-refractivity contribution in [1.82, 2.24) is 16.0 Å². The second-order valence-corrected chi connectivity index (χ2v) is 5.84. The molecule has 2 rings (SSSR count). The van der Waals surface area contributed by atoms with Gasteiger partial charge in [-0.3, -0.25) is 4.79 Å². The fourth-order valence-corrected chi connectivity index (χ4v) is 3.07. The van der Waals surface area contributed by atoms with E-state index in [4.69, 9.17) is 0 Å². The fraction of sp³-hybridized carbons (Fsp3) is 0.929. The third-order valence-electron chi connectivity index (χ3n) is 4.09. The van der Waals surface area contributed by atoms with Crippen molar-refractivity contribution >= 4 is 5.91 Å². The maximum absolute atomic E-state index is 11.1. The van der Waals surface area contributed by atoms with Gasteiger partial charge in [0.25, 0.3) is 0 Å². The molecule has 0 aromatic heterocycles. The van der Waals surface area contributed by atoms with Crippen molar-refractivity contribution < 1.29 is 4.79 Å². The van der Waals surface area contributed by atoms with Gasteiger partial charge < -0.3 is 16.0 Å². The lowest BCUT2D eigenvalue weighted by atomic mass is 10.0. The van der Waals surface area contributed by atoms with E-state index in [0.717, 1.165) is 13.0 Å². The first-order valence-electron chi connectivity index (χ1n) is 7.50. The van der Waals surface area contributed by atoms with E-state index < -0.39 is 0 Å². The number of piperidine rings is 1. The Kier molecular flexibility index (Phi) is 5.45. The Morgan fingerprint density at radius 1 is 1.33 bits per heavy atom. The van der Waals surface area contributed by atoms with E-state index in [1.54, 1.807) is 0 Å². The Morgan fingerprint density at radius 3 is 3.00 bits per heavy atom. The van der Waals surface area contributed by atoms with Crippen LogP contribution < -0.4 is 16.0 Å². The normalized spacial score (nSPS) is 31.5. The van der Waals surface area contributed by atoms with Crippen LogP contribution in [0.5, 0.6) is 0 Å². The molecule has 2 heterocycles. The number of nitrogens with one attached hydrogen (secondary N) is 3. The van der Waals surface area contributed by atoms with Gasteiger partial charge in [0.05, 0.1) is 0 Å². The summed E-state index contributed by atoms with van der Waals surface area (Å²) in [5, 5.41) is 10.2. The van der Waals surface area contributed by atoms with Crippen LogP contribution in [0.2, 0.25) is 0 Å². The molecule has 0 radical (unpaired) electrons. The molecule has 0 spiro atoms. The second-order valence-electron chi connectivity index (χ2n) is 5.84. The minimum atomic E-state index is 0.200. The van der Waals surface area contributed by atoms with Crippen molar-refractivity contribution in [2.45, 2.75) is 70.0 Å². The molecule has 0 bridgehead atoms. The Morgan fingerprint density at radius 2 is 2.22 bits per heavy atom. The molecular formula is C14H27N3O. The summed E-state index contributed by atoms with van der Waals surface area (Å²) in [6.45, 7) is 4.24. The van der Waals surface area contributed by atoms with Crippen molar-refractivity contribution in [2.75, 3.05) is 13.1 Å². The van der Waals surface area contributed by atoms with Crippen molar-refractivity contribution in [2.24, 2.45) is 0 Å². The number of hydrogen-bond acceptors (Lipinski definition) is 3. The summed E-state index contributed by atoms with van der Waals surface area (Å²) in [5.74, 6) is 0.200. The van der Waals surface area contributed by atoms with E-state index in [1.165, 1.54) is 38.6 Å². The zero-order valence-electron chi connectivity index (χ0n) is 11.5. The lowest BCUT2D eigenvalue weighted by molar-refractivity contribution is -0.122. The third kappa shape index (κ3) is 4.58. The Hall–Kier alpha value is -0.610. The monoisotopic (exact) mass is 253 g/mol. The molecule has 2 aliphatic heterocycles. The highest BCUT2D eigenvalue weighted by Crippen LogP contribution is 2.13. The molecule has 0 aromatic rings. The molecule has 2 aliphatic rings. The van der Waals surface area contributed by atoms with Crippen LogP contribution in [0, 0.1) is 0 Å². The molecule has 2 fully saturated rings. The predicted molar refractivity (Wildman–Crippen MR) is 73.5 cm³/mol. The van der Waals surface area contributed by atoms with Crippen LogP contribution in [0.4, 0.5) is 0 Å². The minimum Gasteiger partial charge on any atom is -0.355 e. The zero-order chi connectivity index (χ0) is 12.8. The van der Waals surface area contributed by atoms with Gasteiger partial charge in [-0.2, -0.15) is 0 Å². The third-order valence-corrected chi connectivity index (χ3v) is 4.09. The first kappa shape index (κ1) is 13.8. The topological polar surface area (TPSA) is 53.2 Å². The molecule has 4 nitrogen and oxygen atoms in total. The van der Waals surface area contributed by atoms with E-state index in [2.05, 4.69) is 22.9 Å². The van der Waals surface area contributed by atoms with Crippen LogP contribution in [-0.2, 0) is 4.79 Å². The lowest BCUT2D eigenvalue weighted by Gasteiger charge is -2.29. The first-order chi connectivity index (χ1) is 8.74. The molecule has 0 saturated carbocycles. The molecule has 1 amide bonds. The van der Waals surface area contributed by atoms with E-state index in [-0.39, 0.29) is 5.91 Å². The van der Waals surface area contributed by atoms with Crippen LogP contribution in [-0.4, -0.2) is 37.1 Å². The summed E-state index contributed by atoms with van der Waals surface area (Å²) in [6.07, 6.45) is 8.23. The van der Waals surface area contributed by atoms with Gasteiger partial charge >= 0.3 is 0 Å². The number of hydrogen-bond donors (Lipinski definition) is 3. The molecule has 0 aromatic carbocycles. The van der Waals surface area contributed by atoms with Crippen molar-refractivity contribution in [1.29, 1.82) is 0 Å². The molecular weight excluding hydrogens is 226 g/mol. The number of rotatable bonds is 4. The number of amides is 1. The van der Waals surface area contributed by atoms with Gasteiger partial charge in [0.15, 0.2) is 0 Å². The number of carbonyl (C=O) groups excluding carboxylic acids is 1. The molecule has 0 aliphatic carbocycles. The summed E-state index contributed by atoms with van der Waals surface area (Å²) in [7, 11) is 0. The van der Waals surface area contributed by atoms with Gasteiger partial charge in [-0.05, 0) is 39.2 Å². The van der Waals surface area contributed by atoms with Gasteiger partial charge in [0.1, 0.15) is 0 Å². The van der Waals surface area contributed by atoms with Gasteiger partial charge in [0.2, 0.25) is 5.91 Å². The van der Waals surface area contributed by atoms with E-state index in [9.17, 15) is 4.79 Å². The number of carbonyl (C=O) groups is 1. The Labute approximate surface area is 110 Å². The van der Waals surface area contributed by atoms with Crippen LogP contribution >= 0.6 is 0 Å². The van der Waals surface area contributed by atoms with Crippen molar-refractivity contribution in [3.8, 4) is 0 Å². The summed E-state index contributed by atoms with van der Waals surface area (Å²) in [4.78, 5) is 11.1. The molecule has 18 heavy (non-hydrogen) atoms. The van der Waals surface area contributed by atoms with Gasteiger partial charge in [-0.1, -0.05) is 12.8 Å². The standard InChI is InChI=1S/C14H27N3O/c1-11(9-12-5-3-2-4-8-15-12)17-13-6-7-14(18)16-10-13/h11-13,15,17H,2-10H2,1H3,(H,16,18). The highest BCUT2D eigenvalue weighted by molar-refractivity contribution is 5.76. The first-order valence-corrected chi connectivity index (χ1v) is 7.50. The molecule has 3 N–H and O–H groups in total. The molecule has 3 atom stereocenters. The summed E-state index contributed by atoms with van der Waals surface area (Å²) in [5.41, 5.74) is 0. The molecule has 2 saturated heterocycles. The predicted octanol–water partition coefficient (Wildman–Crippen LogP) is 1.17. The van der Waals surface area contributed by atoms with E-state index >= 15 is 0 Å². The summed E-state index contributed by atoms with van der Waals surface area (Å²) < 4.78 is 0. The van der Waals surface area contributed by atoms with Crippen LogP contribution in [0.3, 0.4) is 0 Å². The average molecular weight is 253 g/mol.